The molecule has 1 aliphatic rings. The van der Waals surface area contributed by atoms with E-state index >= 15 is 0 Å². The third-order valence-electron chi connectivity index (χ3n) is 4.50. The Morgan fingerprint density at radius 3 is 2.74 bits per heavy atom. The molecule has 0 aliphatic carbocycles. The van der Waals surface area contributed by atoms with Gasteiger partial charge in [-0.15, -0.1) is 0 Å². The number of nitrogen functional groups attached to an aromatic ring is 1. The lowest BCUT2D eigenvalue weighted by Gasteiger charge is -2.41. The molecule has 0 bridgehead atoms. The largest absolute Gasteiger partial charge is 0.465 e. The van der Waals surface area contributed by atoms with E-state index in [1.807, 2.05) is 30.3 Å². The van der Waals surface area contributed by atoms with Crippen LogP contribution in [0.15, 0.2) is 42.5 Å². The summed E-state index contributed by atoms with van der Waals surface area (Å²) in [7, 11) is 1.40. The highest BCUT2D eigenvalue weighted by atomic mass is 16.5. The van der Waals surface area contributed by atoms with Crippen LogP contribution in [-0.2, 0) is 11.2 Å². The van der Waals surface area contributed by atoms with Crippen LogP contribution in [0.5, 0.6) is 0 Å². The van der Waals surface area contributed by atoms with E-state index in [9.17, 15) is 4.79 Å². The van der Waals surface area contributed by atoms with E-state index in [-0.39, 0.29) is 17.4 Å². The molecule has 3 N–H and O–H groups in total. The van der Waals surface area contributed by atoms with Crippen LogP contribution >= 0.6 is 0 Å². The number of hydrogen-bond acceptors (Lipinski definition) is 4. The average molecular weight is 310 g/mol. The molecule has 1 aliphatic heterocycles. The number of hydrogen-bond donors (Lipinski definition) is 2. The van der Waals surface area contributed by atoms with Gasteiger partial charge in [0.1, 0.15) is 0 Å². The second kappa shape index (κ2) is 5.61. The number of carbonyl (C=O) groups is 1. The molecule has 1 heterocycles. The summed E-state index contributed by atoms with van der Waals surface area (Å²) in [6.07, 6.45) is 0.875. The SMILES string of the molecule is COC(=O)c1ccc2c(c1)CC(C)(C)C(c1cccc(N)c1)N2. The number of esters is 1. The number of nitrogens with one attached hydrogen (secondary N) is 1. The highest BCUT2D eigenvalue weighted by Crippen LogP contribution is 2.45. The van der Waals surface area contributed by atoms with Gasteiger partial charge >= 0.3 is 5.97 Å². The lowest BCUT2D eigenvalue weighted by atomic mass is 9.72. The zero-order valence-corrected chi connectivity index (χ0v) is 13.7. The zero-order chi connectivity index (χ0) is 16.6. The fourth-order valence-electron chi connectivity index (χ4n) is 3.34. The normalized spacial score (nSPS) is 18.7. The molecule has 1 unspecified atom stereocenters. The summed E-state index contributed by atoms with van der Waals surface area (Å²) >= 11 is 0. The Kier molecular flexibility index (Phi) is 3.76. The van der Waals surface area contributed by atoms with Gasteiger partial charge in [-0.2, -0.15) is 0 Å². The smallest absolute Gasteiger partial charge is 0.337 e. The maximum absolute atomic E-state index is 11.7. The van der Waals surface area contributed by atoms with Gasteiger partial charge in [0.15, 0.2) is 0 Å². The standard InChI is InChI=1S/C19H22N2O2/c1-19(2)11-14-9-13(18(22)23-3)7-8-16(14)21-17(19)12-5-4-6-15(20)10-12/h4-10,17,21H,11,20H2,1-3H3. The Bertz CT molecular complexity index is 753. The predicted molar refractivity (Wildman–Crippen MR) is 92.5 cm³/mol. The first-order chi connectivity index (χ1) is 10.9. The van der Waals surface area contributed by atoms with Crippen molar-refractivity contribution in [3.63, 3.8) is 0 Å². The van der Waals surface area contributed by atoms with Crippen LogP contribution in [0.25, 0.3) is 0 Å². The first kappa shape index (κ1) is 15.4. The molecule has 4 nitrogen and oxygen atoms in total. The summed E-state index contributed by atoms with van der Waals surface area (Å²) < 4.78 is 4.81. The van der Waals surface area contributed by atoms with Crippen LogP contribution < -0.4 is 11.1 Å². The molecule has 0 spiro atoms. The van der Waals surface area contributed by atoms with Gasteiger partial charge in [0.2, 0.25) is 0 Å². The van der Waals surface area contributed by atoms with Gasteiger partial charge in [-0.05, 0) is 53.3 Å². The van der Waals surface area contributed by atoms with Gasteiger partial charge in [0.05, 0.1) is 18.7 Å². The summed E-state index contributed by atoms with van der Waals surface area (Å²) in [5, 5.41) is 3.61. The molecule has 4 heteroatoms. The second-order valence-corrected chi connectivity index (χ2v) is 6.78. The molecule has 2 aromatic rings. The second-order valence-electron chi connectivity index (χ2n) is 6.78. The van der Waals surface area contributed by atoms with Gasteiger partial charge in [0, 0.05) is 11.4 Å². The third kappa shape index (κ3) is 2.89. The number of nitrogens with two attached hydrogens (primary N) is 1. The number of anilines is 2. The molecule has 0 amide bonds. The zero-order valence-electron chi connectivity index (χ0n) is 13.7. The molecule has 0 saturated heterocycles. The van der Waals surface area contributed by atoms with Crippen LogP contribution in [-0.4, -0.2) is 13.1 Å². The molecule has 2 aromatic carbocycles. The van der Waals surface area contributed by atoms with Gasteiger partial charge in [-0.3, -0.25) is 0 Å². The van der Waals surface area contributed by atoms with Crippen molar-refractivity contribution in [3.05, 3.63) is 59.2 Å². The molecular weight excluding hydrogens is 288 g/mol. The van der Waals surface area contributed by atoms with Gasteiger partial charge in [-0.1, -0.05) is 26.0 Å². The summed E-state index contributed by atoms with van der Waals surface area (Å²) in [6.45, 7) is 4.45. The Morgan fingerprint density at radius 1 is 1.26 bits per heavy atom. The summed E-state index contributed by atoms with van der Waals surface area (Å²) in [5.74, 6) is -0.302. The Labute approximate surface area is 136 Å². The minimum atomic E-state index is -0.302. The molecule has 3 rings (SSSR count). The Morgan fingerprint density at radius 2 is 2.04 bits per heavy atom. The minimum absolute atomic E-state index is 0.00443. The highest BCUT2D eigenvalue weighted by molar-refractivity contribution is 5.90. The van der Waals surface area contributed by atoms with E-state index < -0.39 is 0 Å². The van der Waals surface area contributed by atoms with Crippen molar-refractivity contribution in [2.75, 3.05) is 18.2 Å². The lowest BCUT2D eigenvalue weighted by Crippen LogP contribution is -2.35. The van der Waals surface area contributed by atoms with Crippen molar-refractivity contribution >= 4 is 17.3 Å². The van der Waals surface area contributed by atoms with E-state index in [0.717, 1.165) is 23.4 Å². The topological polar surface area (TPSA) is 64.3 Å². The number of ether oxygens (including phenoxy) is 1. The fourth-order valence-corrected chi connectivity index (χ4v) is 3.34. The molecule has 120 valence electrons. The number of carbonyl (C=O) groups excluding carboxylic acids is 1. The number of fused-ring (bicyclic) bond motifs is 1. The van der Waals surface area contributed by atoms with Gasteiger partial charge in [-0.25, -0.2) is 4.79 Å². The molecule has 0 saturated carbocycles. The molecule has 1 atom stereocenters. The number of rotatable bonds is 2. The average Bonchev–Trinajstić information content (AvgIpc) is 2.52. The van der Waals surface area contributed by atoms with E-state index in [1.54, 1.807) is 6.07 Å². The van der Waals surface area contributed by atoms with Crippen LogP contribution in [0.4, 0.5) is 11.4 Å². The molecule has 23 heavy (non-hydrogen) atoms. The molecule has 0 aromatic heterocycles. The first-order valence-corrected chi connectivity index (χ1v) is 7.74. The summed E-state index contributed by atoms with van der Waals surface area (Å²) in [4.78, 5) is 11.7. The monoisotopic (exact) mass is 310 g/mol. The van der Waals surface area contributed by atoms with Gasteiger partial charge < -0.3 is 15.8 Å². The Hall–Kier alpha value is -2.49. The van der Waals surface area contributed by atoms with Crippen molar-refractivity contribution in [2.24, 2.45) is 5.41 Å². The predicted octanol–water partition coefficient (Wildman–Crippen LogP) is 3.79. The van der Waals surface area contributed by atoms with Crippen LogP contribution in [0.2, 0.25) is 0 Å². The molecule has 0 radical (unpaired) electrons. The maximum atomic E-state index is 11.7. The van der Waals surface area contributed by atoms with Crippen molar-refractivity contribution in [2.45, 2.75) is 26.3 Å². The van der Waals surface area contributed by atoms with Gasteiger partial charge in [0.25, 0.3) is 0 Å². The van der Waals surface area contributed by atoms with Crippen molar-refractivity contribution in [3.8, 4) is 0 Å². The Balaban J connectivity index is 1.98. The number of benzene rings is 2. The minimum Gasteiger partial charge on any atom is -0.465 e. The van der Waals surface area contributed by atoms with E-state index in [1.165, 1.54) is 12.7 Å². The van der Waals surface area contributed by atoms with Crippen molar-refractivity contribution < 1.29 is 9.53 Å². The molecule has 0 fully saturated rings. The lowest BCUT2D eigenvalue weighted by molar-refractivity contribution is 0.0600. The van der Waals surface area contributed by atoms with Crippen molar-refractivity contribution in [1.29, 1.82) is 0 Å². The quantitative estimate of drug-likeness (QED) is 0.654. The van der Waals surface area contributed by atoms with E-state index in [4.69, 9.17) is 10.5 Å². The summed E-state index contributed by atoms with van der Waals surface area (Å²) in [5.41, 5.74) is 10.7. The fraction of sp³-hybridized carbons (Fsp3) is 0.316. The van der Waals surface area contributed by atoms with Crippen LogP contribution in [0.3, 0.4) is 0 Å². The highest BCUT2D eigenvalue weighted by Gasteiger charge is 2.36. The maximum Gasteiger partial charge on any atom is 0.337 e. The summed E-state index contributed by atoms with van der Waals surface area (Å²) in [6, 6.07) is 13.8. The molecular formula is C19H22N2O2. The number of methoxy groups -OCH3 is 1. The van der Waals surface area contributed by atoms with Crippen molar-refractivity contribution in [1.82, 2.24) is 0 Å². The van der Waals surface area contributed by atoms with Crippen LogP contribution in [0.1, 0.15) is 41.4 Å². The first-order valence-electron chi connectivity index (χ1n) is 7.74. The third-order valence-corrected chi connectivity index (χ3v) is 4.50. The van der Waals surface area contributed by atoms with Crippen LogP contribution in [0, 0.1) is 5.41 Å². The van der Waals surface area contributed by atoms with E-state index in [0.29, 0.717) is 5.56 Å². The van der Waals surface area contributed by atoms with E-state index in [2.05, 4.69) is 25.2 Å².